The monoisotopic (exact) mass is 425 g/mol. The van der Waals surface area contributed by atoms with E-state index in [1.807, 2.05) is 42.6 Å². The average molecular weight is 426 g/mol. The van der Waals surface area contributed by atoms with Gasteiger partial charge >= 0.3 is 0 Å². The van der Waals surface area contributed by atoms with Crippen LogP contribution >= 0.6 is 0 Å². The first kappa shape index (κ1) is 20.3. The number of aromatic amines is 1. The van der Waals surface area contributed by atoms with E-state index in [4.69, 9.17) is 0 Å². The minimum Gasteiger partial charge on any atom is -0.361 e. The summed E-state index contributed by atoms with van der Waals surface area (Å²) in [5.41, 5.74) is 5.55. The number of H-pyrrole nitrogens is 1. The Bertz CT molecular complexity index is 1180. The molecule has 2 heterocycles. The fourth-order valence-corrected chi connectivity index (χ4v) is 4.55. The highest BCUT2D eigenvalue weighted by Crippen LogP contribution is 2.20. The second-order valence-corrected chi connectivity index (χ2v) is 8.53. The van der Waals surface area contributed by atoms with E-state index in [9.17, 15) is 4.79 Å². The maximum absolute atomic E-state index is 12.6. The van der Waals surface area contributed by atoms with E-state index in [0.29, 0.717) is 6.42 Å². The van der Waals surface area contributed by atoms with Gasteiger partial charge in [-0.05, 0) is 35.9 Å². The molecule has 32 heavy (non-hydrogen) atoms. The van der Waals surface area contributed by atoms with Crippen LogP contribution in [0.25, 0.3) is 10.9 Å². The molecule has 3 N–H and O–H groups in total. The summed E-state index contributed by atoms with van der Waals surface area (Å²) in [5.74, 6) is 0.000583. The van der Waals surface area contributed by atoms with E-state index >= 15 is 0 Å². The molecule has 5 heteroatoms. The summed E-state index contributed by atoms with van der Waals surface area (Å²) in [7, 11) is 0. The summed E-state index contributed by atoms with van der Waals surface area (Å²) in [5, 5.41) is 4.14. The fraction of sp³-hybridized carbons (Fsp3) is 0.222. The molecular formula is C27H29N4O+. The summed E-state index contributed by atoms with van der Waals surface area (Å²) in [4.78, 5) is 19.9. The highest BCUT2D eigenvalue weighted by atomic mass is 16.1. The summed E-state index contributed by atoms with van der Waals surface area (Å²) in [6.45, 7) is 5.47. The zero-order chi connectivity index (χ0) is 21.8. The van der Waals surface area contributed by atoms with Crippen LogP contribution in [0.15, 0.2) is 85.1 Å². The molecule has 0 spiro atoms. The van der Waals surface area contributed by atoms with Crippen molar-refractivity contribution >= 4 is 28.2 Å². The SMILES string of the molecule is O=C(Cc1c[nH]c2ccccc12)Nc1ccc(N2CC[NH+](Cc3ccccc3)CC2)cc1. The second kappa shape index (κ2) is 9.28. The Kier molecular flexibility index (Phi) is 5.90. The minimum atomic E-state index is 0.000583. The zero-order valence-corrected chi connectivity index (χ0v) is 18.2. The molecule has 1 fully saturated rings. The van der Waals surface area contributed by atoms with Gasteiger partial charge in [0.1, 0.15) is 6.54 Å². The van der Waals surface area contributed by atoms with Crippen LogP contribution in [0.5, 0.6) is 0 Å². The van der Waals surface area contributed by atoms with Gasteiger partial charge in [-0.25, -0.2) is 0 Å². The number of nitrogens with zero attached hydrogens (tertiary/aromatic N) is 1. The van der Waals surface area contributed by atoms with Crippen LogP contribution in [-0.4, -0.2) is 37.1 Å². The Morgan fingerprint density at radius 1 is 0.906 bits per heavy atom. The maximum Gasteiger partial charge on any atom is 0.228 e. The number of fused-ring (bicyclic) bond motifs is 1. The summed E-state index contributed by atoms with van der Waals surface area (Å²) < 4.78 is 0. The fourth-order valence-electron chi connectivity index (χ4n) is 4.55. The van der Waals surface area contributed by atoms with E-state index in [0.717, 1.165) is 54.9 Å². The van der Waals surface area contributed by atoms with E-state index < -0.39 is 0 Å². The highest BCUT2D eigenvalue weighted by molar-refractivity contribution is 5.95. The summed E-state index contributed by atoms with van der Waals surface area (Å²) in [6, 6.07) is 27.0. The minimum absolute atomic E-state index is 0.000583. The van der Waals surface area contributed by atoms with Crippen LogP contribution in [0.3, 0.4) is 0 Å². The number of hydrogen-bond donors (Lipinski definition) is 3. The summed E-state index contributed by atoms with van der Waals surface area (Å²) in [6.07, 6.45) is 2.28. The third kappa shape index (κ3) is 4.68. The number of carbonyl (C=O) groups excluding carboxylic acids is 1. The van der Waals surface area contributed by atoms with Crippen LogP contribution in [0.1, 0.15) is 11.1 Å². The molecule has 162 valence electrons. The lowest BCUT2D eigenvalue weighted by Gasteiger charge is -2.33. The molecule has 0 unspecified atom stereocenters. The average Bonchev–Trinajstić information content (AvgIpc) is 3.23. The van der Waals surface area contributed by atoms with Crippen molar-refractivity contribution in [3.63, 3.8) is 0 Å². The first-order valence-electron chi connectivity index (χ1n) is 11.3. The van der Waals surface area contributed by atoms with Gasteiger partial charge in [0.15, 0.2) is 0 Å². The van der Waals surface area contributed by atoms with Gasteiger partial charge in [0.05, 0.1) is 32.6 Å². The number of benzene rings is 3. The van der Waals surface area contributed by atoms with Crippen molar-refractivity contribution in [3.8, 4) is 0 Å². The Morgan fingerprint density at radius 3 is 2.41 bits per heavy atom. The predicted molar refractivity (Wildman–Crippen MR) is 130 cm³/mol. The van der Waals surface area contributed by atoms with Gasteiger partial charge in [-0.2, -0.15) is 0 Å². The maximum atomic E-state index is 12.6. The lowest BCUT2D eigenvalue weighted by Crippen LogP contribution is -3.13. The van der Waals surface area contributed by atoms with Crippen LogP contribution < -0.4 is 15.1 Å². The Labute approximate surface area is 188 Å². The van der Waals surface area contributed by atoms with Gasteiger partial charge < -0.3 is 20.1 Å². The number of carbonyl (C=O) groups is 1. The van der Waals surface area contributed by atoms with Crippen LogP contribution in [0.2, 0.25) is 0 Å². The number of rotatable bonds is 6. The molecule has 0 radical (unpaired) electrons. The zero-order valence-electron chi connectivity index (χ0n) is 18.2. The highest BCUT2D eigenvalue weighted by Gasteiger charge is 2.20. The van der Waals surface area contributed by atoms with Crippen LogP contribution in [0, 0.1) is 0 Å². The molecule has 0 atom stereocenters. The van der Waals surface area contributed by atoms with Gasteiger partial charge in [0.2, 0.25) is 5.91 Å². The van der Waals surface area contributed by atoms with Crippen LogP contribution in [-0.2, 0) is 17.8 Å². The third-order valence-corrected chi connectivity index (χ3v) is 6.31. The number of anilines is 2. The lowest BCUT2D eigenvalue weighted by atomic mass is 10.1. The van der Waals surface area contributed by atoms with Crippen LogP contribution in [0.4, 0.5) is 11.4 Å². The van der Waals surface area contributed by atoms with Crippen molar-refractivity contribution in [1.29, 1.82) is 0 Å². The molecule has 0 bridgehead atoms. The molecule has 1 aliphatic rings. The van der Waals surface area contributed by atoms with Crippen molar-refractivity contribution in [1.82, 2.24) is 4.98 Å². The number of hydrogen-bond acceptors (Lipinski definition) is 2. The van der Waals surface area contributed by atoms with Crippen molar-refractivity contribution in [2.75, 3.05) is 36.4 Å². The standard InChI is InChI=1S/C27H28N4O/c32-27(18-22-19-28-26-9-5-4-8-25(22)26)29-23-10-12-24(13-11-23)31-16-14-30(15-17-31)20-21-6-2-1-3-7-21/h1-13,19,28H,14-18,20H2,(H,29,32)/p+1. The molecule has 1 amide bonds. The number of piperazine rings is 1. The molecule has 1 aromatic heterocycles. The normalized spacial score (nSPS) is 14.6. The molecule has 3 aromatic carbocycles. The second-order valence-electron chi connectivity index (χ2n) is 8.53. The lowest BCUT2D eigenvalue weighted by molar-refractivity contribution is -0.914. The molecule has 0 aliphatic carbocycles. The van der Waals surface area contributed by atoms with Crippen molar-refractivity contribution in [2.45, 2.75) is 13.0 Å². The Hall–Kier alpha value is -3.57. The number of nitrogens with one attached hydrogen (secondary N) is 3. The quantitative estimate of drug-likeness (QED) is 0.444. The van der Waals surface area contributed by atoms with E-state index in [-0.39, 0.29) is 5.91 Å². The van der Waals surface area contributed by atoms with Gasteiger partial charge in [-0.15, -0.1) is 0 Å². The Balaban J connectivity index is 1.14. The van der Waals surface area contributed by atoms with Crippen molar-refractivity contribution < 1.29 is 9.69 Å². The predicted octanol–water partition coefficient (Wildman–Crippen LogP) is 3.25. The molecule has 0 saturated carbocycles. The largest absolute Gasteiger partial charge is 0.361 e. The smallest absolute Gasteiger partial charge is 0.228 e. The van der Waals surface area contributed by atoms with Gasteiger partial charge in [-0.1, -0.05) is 48.5 Å². The van der Waals surface area contributed by atoms with Gasteiger partial charge in [0.25, 0.3) is 0 Å². The van der Waals surface area contributed by atoms with Crippen molar-refractivity contribution in [3.05, 3.63) is 96.2 Å². The summed E-state index contributed by atoms with van der Waals surface area (Å²) >= 11 is 0. The molecule has 1 aliphatic heterocycles. The van der Waals surface area contributed by atoms with Gasteiger partial charge in [0, 0.05) is 34.0 Å². The van der Waals surface area contributed by atoms with Gasteiger partial charge in [-0.3, -0.25) is 4.79 Å². The molecule has 1 saturated heterocycles. The topological polar surface area (TPSA) is 52.6 Å². The third-order valence-electron chi connectivity index (χ3n) is 6.31. The number of amides is 1. The number of para-hydroxylation sites is 1. The van der Waals surface area contributed by atoms with E-state index in [2.05, 4.69) is 57.7 Å². The number of aromatic nitrogens is 1. The molecule has 5 rings (SSSR count). The first-order valence-corrected chi connectivity index (χ1v) is 11.3. The Morgan fingerprint density at radius 2 is 1.62 bits per heavy atom. The van der Waals surface area contributed by atoms with Crippen molar-refractivity contribution in [2.24, 2.45) is 0 Å². The molecule has 4 aromatic rings. The van der Waals surface area contributed by atoms with E-state index in [1.54, 1.807) is 4.90 Å². The number of quaternary nitrogens is 1. The first-order chi connectivity index (χ1) is 15.7. The van der Waals surface area contributed by atoms with E-state index in [1.165, 1.54) is 11.3 Å². The molecule has 5 nitrogen and oxygen atoms in total. The molecular weight excluding hydrogens is 396 g/mol.